The van der Waals surface area contributed by atoms with Crippen LogP contribution in [0.15, 0.2) is 12.3 Å². The molecule has 0 bridgehead atoms. The number of likely N-dealkylation sites (N-methyl/N-ethyl adjacent to an activating group) is 1. The van der Waals surface area contributed by atoms with Crippen molar-refractivity contribution in [3.63, 3.8) is 0 Å². The topological polar surface area (TPSA) is 88.1 Å². The Morgan fingerprint density at radius 2 is 2.50 bits per heavy atom. The number of nitrogens with two attached hydrogens (primary N) is 1. The molecule has 6 heteroatoms. The largest absolute Gasteiger partial charge is 0.382 e. The number of hydrogen-bond donors (Lipinski definition) is 2. The van der Waals surface area contributed by atoms with Gasteiger partial charge in [-0.05, 0) is 12.5 Å². The highest BCUT2D eigenvalue weighted by atomic mass is 16.5. The second kappa shape index (κ2) is 4.44. The Hall–Kier alpha value is -1.69. The van der Waals surface area contributed by atoms with Crippen molar-refractivity contribution in [2.24, 2.45) is 5.73 Å². The van der Waals surface area contributed by atoms with Gasteiger partial charge in [-0.1, -0.05) is 0 Å². The average Bonchev–Trinajstić information content (AvgIpc) is 2.81. The first-order valence-electron chi connectivity index (χ1n) is 5.16. The molecule has 3 N–H and O–H groups in total. The second-order valence-electron chi connectivity index (χ2n) is 3.78. The fraction of sp³-hybridized carbons (Fsp3) is 0.500. The highest BCUT2D eigenvalue weighted by Gasteiger charge is 2.22. The van der Waals surface area contributed by atoms with Crippen LogP contribution in [0.25, 0.3) is 0 Å². The Kier molecular flexibility index (Phi) is 3.00. The molecular weight excluding hydrogens is 206 g/mol. The lowest BCUT2D eigenvalue weighted by Crippen LogP contribution is -2.33. The van der Waals surface area contributed by atoms with Crippen LogP contribution < -0.4 is 10.6 Å². The van der Waals surface area contributed by atoms with Gasteiger partial charge in [0.25, 0.3) is 0 Å². The molecule has 16 heavy (non-hydrogen) atoms. The van der Waals surface area contributed by atoms with Crippen molar-refractivity contribution in [3.05, 3.63) is 18.0 Å². The minimum absolute atomic E-state index is 0.0419. The number of anilines is 1. The van der Waals surface area contributed by atoms with Crippen molar-refractivity contribution in [2.45, 2.75) is 12.5 Å². The van der Waals surface area contributed by atoms with Gasteiger partial charge in [0.2, 0.25) is 5.95 Å². The molecule has 0 saturated carbocycles. The zero-order chi connectivity index (χ0) is 11.5. The highest BCUT2D eigenvalue weighted by molar-refractivity contribution is 5.93. The minimum Gasteiger partial charge on any atom is -0.382 e. The number of rotatable bonds is 3. The van der Waals surface area contributed by atoms with E-state index in [4.69, 9.17) is 15.9 Å². The van der Waals surface area contributed by atoms with E-state index >= 15 is 0 Å². The number of nitrogens with one attached hydrogen (secondary N) is 1. The van der Waals surface area contributed by atoms with Crippen molar-refractivity contribution >= 4 is 11.8 Å². The molecule has 0 radical (unpaired) electrons. The third kappa shape index (κ3) is 2.11. The van der Waals surface area contributed by atoms with Gasteiger partial charge in [0.05, 0.1) is 12.6 Å². The number of amidine groups is 1. The van der Waals surface area contributed by atoms with Crippen LogP contribution in [0.1, 0.15) is 12.1 Å². The summed E-state index contributed by atoms with van der Waals surface area (Å²) in [6, 6.07) is 1.94. The first kappa shape index (κ1) is 10.8. The fourth-order valence-electron chi connectivity index (χ4n) is 1.66. The number of hydrogen-bond acceptors (Lipinski definition) is 5. The molecule has 1 fully saturated rings. The molecule has 6 nitrogen and oxygen atoms in total. The third-order valence-electron chi connectivity index (χ3n) is 2.69. The van der Waals surface area contributed by atoms with E-state index in [-0.39, 0.29) is 5.84 Å². The summed E-state index contributed by atoms with van der Waals surface area (Å²) in [6.07, 6.45) is 2.59. The molecule has 0 amide bonds. The van der Waals surface area contributed by atoms with E-state index in [0.29, 0.717) is 24.3 Å². The highest BCUT2D eigenvalue weighted by Crippen LogP contribution is 2.15. The Bertz CT molecular complexity index is 389. The van der Waals surface area contributed by atoms with Crippen molar-refractivity contribution in [1.29, 1.82) is 5.41 Å². The van der Waals surface area contributed by atoms with Gasteiger partial charge >= 0.3 is 0 Å². The summed E-state index contributed by atoms with van der Waals surface area (Å²) in [5, 5.41) is 7.33. The molecule has 1 aromatic heterocycles. The van der Waals surface area contributed by atoms with Gasteiger partial charge < -0.3 is 15.4 Å². The van der Waals surface area contributed by atoms with Crippen molar-refractivity contribution in [2.75, 3.05) is 25.2 Å². The maximum atomic E-state index is 7.33. The van der Waals surface area contributed by atoms with Crippen LogP contribution in [0.4, 0.5) is 5.95 Å². The van der Waals surface area contributed by atoms with Crippen molar-refractivity contribution < 1.29 is 4.74 Å². The summed E-state index contributed by atoms with van der Waals surface area (Å²) >= 11 is 0. The molecule has 1 atom stereocenters. The SMILES string of the molecule is CN(c1nccc(C(=N)N)n1)C1CCOC1. The third-order valence-corrected chi connectivity index (χ3v) is 2.69. The molecule has 0 spiro atoms. The zero-order valence-electron chi connectivity index (χ0n) is 9.18. The van der Waals surface area contributed by atoms with Gasteiger partial charge in [-0.15, -0.1) is 0 Å². The minimum atomic E-state index is -0.0419. The molecule has 86 valence electrons. The zero-order valence-corrected chi connectivity index (χ0v) is 9.18. The Balaban J connectivity index is 2.18. The van der Waals surface area contributed by atoms with Crippen LogP contribution in [0.3, 0.4) is 0 Å². The number of ether oxygens (including phenoxy) is 1. The van der Waals surface area contributed by atoms with Crippen molar-refractivity contribution in [1.82, 2.24) is 9.97 Å². The van der Waals surface area contributed by atoms with E-state index in [2.05, 4.69) is 9.97 Å². The van der Waals surface area contributed by atoms with Gasteiger partial charge in [0, 0.05) is 19.9 Å². The number of nitrogen functional groups attached to an aromatic ring is 1. The smallest absolute Gasteiger partial charge is 0.226 e. The summed E-state index contributed by atoms with van der Waals surface area (Å²) in [6.45, 7) is 1.48. The van der Waals surface area contributed by atoms with E-state index in [1.54, 1.807) is 12.3 Å². The van der Waals surface area contributed by atoms with Crippen LogP contribution >= 0.6 is 0 Å². The summed E-state index contributed by atoms with van der Waals surface area (Å²) in [5.74, 6) is 0.544. The molecule has 1 aliphatic heterocycles. The van der Waals surface area contributed by atoms with Crippen molar-refractivity contribution in [3.8, 4) is 0 Å². The van der Waals surface area contributed by atoms with Gasteiger partial charge in [0.15, 0.2) is 0 Å². The molecular formula is C10H15N5O. The fourth-order valence-corrected chi connectivity index (χ4v) is 1.66. The predicted molar refractivity (Wildman–Crippen MR) is 60.7 cm³/mol. The maximum absolute atomic E-state index is 7.33. The summed E-state index contributed by atoms with van der Waals surface area (Å²) in [4.78, 5) is 10.4. The average molecular weight is 221 g/mol. The van der Waals surface area contributed by atoms with Crippen LogP contribution in [0.5, 0.6) is 0 Å². The Morgan fingerprint density at radius 1 is 1.69 bits per heavy atom. The van der Waals surface area contributed by atoms with E-state index in [1.807, 2.05) is 11.9 Å². The molecule has 0 aromatic carbocycles. The number of nitrogens with zero attached hydrogens (tertiary/aromatic N) is 3. The van der Waals surface area contributed by atoms with Gasteiger partial charge in [0.1, 0.15) is 11.5 Å². The normalized spacial score (nSPS) is 19.7. The lowest BCUT2D eigenvalue weighted by molar-refractivity contribution is 0.193. The molecule has 1 aliphatic rings. The van der Waals surface area contributed by atoms with E-state index in [0.717, 1.165) is 13.0 Å². The first-order chi connectivity index (χ1) is 7.68. The summed E-state index contributed by atoms with van der Waals surface area (Å²) in [5.41, 5.74) is 5.84. The molecule has 1 unspecified atom stereocenters. The molecule has 1 saturated heterocycles. The Labute approximate surface area is 94.0 Å². The molecule has 0 aliphatic carbocycles. The predicted octanol–water partition coefficient (Wildman–Crippen LogP) is -0.0142. The van der Waals surface area contributed by atoms with Gasteiger partial charge in [-0.25, -0.2) is 9.97 Å². The monoisotopic (exact) mass is 221 g/mol. The lowest BCUT2D eigenvalue weighted by Gasteiger charge is -2.23. The molecule has 2 rings (SSSR count). The first-order valence-corrected chi connectivity index (χ1v) is 5.16. The standard InChI is InChI=1S/C10H15N5O/c1-15(7-3-5-16-6-7)10-13-4-2-8(14-10)9(11)12/h2,4,7H,3,5-6H2,1H3,(H3,11,12). The maximum Gasteiger partial charge on any atom is 0.226 e. The van der Waals surface area contributed by atoms with Crippen LogP contribution in [0.2, 0.25) is 0 Å². The molecule has 2 heterocycles. The van der Waals surface area contributed by atoms with Gasteiger partial charge in [-0.2, -0.15) is 0 Å². The van der Waals surface area contributed by atoms with E-state index in [9.17, 15) is 0 Å². The lowest BCUT2D eigenvalue weighted by atomic mass is 10.2. The van der Waals surface area contributed by atoms with Crippen LogP contribution in [0, 0.1) is 5.41 Å². The number of aromatic nitrogens is 2. The molecule has 1 aromatic rings. The van der Waals surface area contributed by atoms with E-state index in [1.165, 1.54) is 0 Å². The van der Waals surface area contributed by atoms with Gasteiger partial charge in [-0.3, -0.25) is 5.41 Å². The second-order valence-corrected chi connectivity index (χ2v) is 3.78. The van der Waals surface area contributed by atoms with E-state index < -0.39 is 0 Å². The quantitative estimate of drug-likeness (QED) is 0.553. The summed E-state index contributed by atoms with van der Waals surface area (Å²) < 4.78 is 5.31. The Morgan fingerprint density at radius 3 is 3.12 bits per heavy atom. The van der Waals surface area contributed by atoms with Crippen LogP contribution in [-0.4, -0.2) is 42.1 Å². The van der Waals surface area contributed by atoms with Crippen LogP contribution in [-0.2, 0) is 4.74 Å². The summed E-state index contributed by atoms with van der Waals surface area (Å²) in [7, 11) is 1.93.